The Hall–Kier alpha value is -2.49. The third-order valence-electron chi connectivity index (χ3n) is 4.81. The van der Waals surface area contributed by atoms with E-state index in [1.165, 1.54) is 5.56 Å². The number of benzene rings is 1. The molecule has 1 aromatic heterocycles. The molecule has 24 heavy (non-hydrogen) atoms. The van der Waals surface area contributed by atoms with E-state index in [0.717, 1.165) is 22.8 Å². The quantitative estimate of drug-likeness (QED) is 0.801. The molecule has 124 valence electrons. The molecule has 0 fully saturated rings. The molecule has 4 nitrogen and oxygen atoms in total. The summed E-state index contributed by atoms with van der Waals surface area (Å²) in [7, 11) is 0. The Bertz CT molecular complexity index is 818. The van der Waals surface area contributed by atoms with Gasteiger partial charge < -0.3 is 15.1 Å². The molecule has 0 spiro atoms. The van der Waals surface area contributed by atoms with Crippen LogP contribution in [0.15, 0.2) is 52.8 Å². The van der Waals surface area contributed by atoms with E-state index in [0.29, 0.717) is 6.42 Å². The second-order valence-corrected chi connectivity index (χ2v) is 7.52. The SMILES string of the molecule is Cc1ccc2c(c1)NC(c1ccco1)C1C(=O)CC(C)(C)C=C1N2. The van der Waals surface area contributed by atoms with Crippen LogP contribution in [0.3, 0.4) is 0 Å². The fourth-order valence-electron chi connectivity index (χ4n) is 3.77. The van der Waals surface area contributed by atoms with Crippen molar-refractivity contribution >= 4 is 17.2 Å². The first-order chi connectivity index (χ1) is 11.4. The summed E-state index contributed by atoms with van der Waals surface area (Å²) in [5.41, 5.74) is 3.99. The highest BCUT2D eigenvalue weighted by atomic mass is 16.3. The Morgan fingerprint density at radius 3 is 2.79 bits per heavy atom. The van der Waals surface area contributed by atoms with E-state index in [1.807, 2.05) is 12.1 Å². The number of furan rings is 1. The maximum absolute atomic E-state index is 13.0. The van der Waals surface area contributed by atoms with E-state index in [-0.39, 0.29) is 23.2 Å². The predicted molar refractivity (Wildman–Crippen MR) is 94.9 cm³/mol. The molecule has 4 heteroatoms. The fourth-order valence-corrected chi connectivity index (χ4v) is 3.77. The lowest BCUT2D eigenvalue weighted by Gasteiger charge is -2.34. The smallest absolute Gasteiger partial charge is 0.145 e. The summed E-state index contributed by atoms with van der Waals surface area (Å²) in [6.45, 7) is 6.27. The number of anilines is 2. The lowest BCUT2D eigenvalue weighted by molar-refractivity contribution is -0.124. The van der Waals surface area contributed by atoms with E-state index in [4.69, 9.17) is 4.42 Å². The average Bonchev–Trinajstić information content (AvgIpc) is 2.96. The van der Waals surface area contributed by atoms with Gasteiger partial charge in [0, 0.05) is 12.1 Å². The van der Waals surface area contributed by atoms with Gasteiger partial charge in [0.25, 0.3) is 0 Å². The number of rotatable bonds is 1. The fraction of sp³-hybridized carbons (Fsp3) is 0.350. The van der Waals surface area contributed by atoms with Gasteiger partial charge in [0.05, 0.1) is 29.6 Å². The number of allylic oxidation sites excluding steroid dienone is 1. The number of Topliss-reactive ketones (excluding diaryl/α,β-unsaturated/α-hetero) is 1. The molecule has 2 N–H and O–H groups in total. The van der Waals surface area contributed by atoms with Crippen molar-refractivity contribution in [1.29, 1.82) is 0 Å². The molecule has 0 amide bonds. The molecule has 2 unspecified atom stereocenters. The minimum Gasteiger partial charge on any atom is -0.467 e. The van der Waals surface area contributed by atoms with Crippen LogP contribution in [0.25, 0.3) is 0 Å². The summed E-state index contributed by atoms with van der Waals surface area (Å²) in [5.74, 6) is 0.760. The van der Waals surface area contributed by atoms with Gasteiger partial charge in [0.1, 0.15) is 11.5 Å². The van der Waals surface area contributed by atoms with Crippen molar-refractivity contribution < 1.29 is 9.21 Å². The summed E-state index contributed by atoms with van der Waals surface area (Å²) >= 11 is 0. The molecule has 2 aliphatic rings. The number of hydrogen-bond acceptors (Lipinski definition) is 4. The summed E-state index contributed by atoms with van der Waals surface area (Å²) in [6, 6.07) is 9.84. The van der Waals surface area contributed by atoms with Crippen molar-refractivity contribution in [3.8, 4) is 0 Å². The van der Waals surface area contributed by atoms with Gasteiger partial charge in [-0.15, -0.1) is 0 Å². The van der Waals surface area contributed by atoms with Gasteiger partial charge in [-0.2, -0.15) is 0 Å². The molecule has 1 aliphatic heterocycles. The molecule has 2 atom stereocenters. The van der Waals surface area contributed by atoms with Crippen molar-refractivity contribution in [2.45, 2.75) is 33.2 Å². The van der Waals surface area contributed by atoms with Gasteiger partial charge in [0.15, 0.2) is 0 Å². The molecule has 0 saturated carbocycles. The van der Waals surface area contributed by atoms with Crippen LogP contribution in [0, 0.1) is 18.3 Å². The Kier molecular flexibility index (Phi) is 3.30. The van der Waals surface area contributed by atoms with Crippen molar-refractivity contribution in [3.05, 3.63) is 59.7 Å². The van der Waals surface area contributed by atoms with Gasteiger partial charge in [0.2, 0.25) is 0 Å². The Morgan fingerprint density at radius 1 is 1.21 bits per heavy atom. The van der Waals surface area contributed by atoms with E-state index < -0.39 is 0 Å². The average molecular weight is 322 g/mol. The molecule has 1 aromatic carbocycles. The number of fused-ring (bicyclic) bond motifs is 2. The summed E-state index contributed by atoms with van der Waals surface area (Å²) < 4.78 is 5.65. The van der Waals surface area contributed by atoms with Crippen LogP contribution in [0.1, 0.15) is 37.6 Å². The monoisotopic (exact) mass is 322 g/mol. The summed E-state index contributed by atoms with van der Waals surface area (Å²) in [5, 5.41) is 7.04. The normalized spacial score (nSPS) is 24.8. The van der Waals surface area contributed by atoms with Crippen LogP contribution in [-0.4, -0.2) is 5.78 Å². The molecule has 0 saturated heterocycles. The Balaban J connectivity index is 1.88. The highest BCUT2D eigenvalue weighted by Crippen LogP contribution is 2.45. The number of ketones is 1. The summed E-state index contributed by atoms with van der Waals surface area (Å²) in [6.07, 6.45) is 4.40. The number of hydrogen-bond donors (Lipinski definition) is 2. The van der Waals surface area contributed by atoms with Gasteiger partial charge in [-0.25, -0.2) is 0 Å². The first-order valence-corrected chi connectivity index (χ1v) is 8.36. The van der Waals surface area contributed by atoms with Crippen LogP contribution in [0.5, 0.6) is 0 Å². The molecule has 0 bridgehead atoms. The second kappa shape index (κ2) is 5.26. The van der Waals surface area contributed by atoms with Crippen LogP contribution in [-0.2, 0) is 4.79 Å². The van der Waals surface area contributed by atoms with Crippen LogP contribution >= 0.6 is 0 Å². The van der Waals surface area contributed by atoms with E-state index in [1.54, 1.807) is 6.26 Å². The number of carbonyl (C=O) groups excluding carboxylic acids is 1. The molecule has 4 rings (SSSR count). The van der Waals surface area contributed by atoms with Crippen LogP contribution < -0.4 is 10.6 Å². The first-order valence-electron chi connectivity index (χ1n) is 8.36. The van der Waals surface area contributed by atoms with Crippen molar-refractivity contribution in [1.82, 2.24) is 0 Å². The van der Waals surface area contributed by atoms with Gasteiger partial charge in [-0.05, 0) is 42.2 Å². The van der Waals surface area contributed by atoms with Gasteiger partial charge in [-0.3, -0.25) is 4.79 Å². The lowest BCUT2D eigenvalue weighted by atomic mass is 9.73. The standard InChI is InChI=1S/C20H22N2O2/c1-12-6-7-13-14(9-12)22-19(17-5-4-8-24-17)18-15(21-13)10-20(2,3)11-16(18)23/h4-10,18-19,21-22H,11H2,1-3H3. The predicted octanol–water partition coefficient (Wildman–Crippen LogP) is 4.67. The molecule has 0 radical (unpaired) electrons. The minimum atomic E-state index is -0.267. The third kappa shape index (κ3) is 2.52. The van der Waals surface area contributed by atoms with E-state index in [2.05, 4.69) is 55.7 Å². The third-order valence-corrected chi connectivity index (χ3v) is 4.81. The molecule has 2 heterocycles. The van der Waals surface area contributed by atoms with Crippen LogP contribution in [0.2, 0.25) is 0 Å². The minimum absolute atomic E-state index is 0.140. The highest BCUT2D eigenvalue weighted by molar-refractivity contribution is 5.90. The molecule has 2 aromatic rings. The largest absolute Gasteiger partial charge is 0.467 e. The summed E-state index contributed by atoms with van der Waals surface area (Å²) in [4.78, 5) is 13.0. The van der Waals surface area contributed by atoms with Crippen molar-refractivity contribution in [3.63, 3.8) is 0 Å². The van der Waals surface area contributed by atoms with Crippen molar-refractivity contribution in [2.24, 2.45) is 11.3 Å². The zero-order chi connectivity index (χ0) is 16.9. The maximum atomic E-state index is 13.0. The first kappa shape index (κ1) is 15.1. The number of carbonyl (C=O) groups is 1. The van der Waals surface area contributed by atoms with Gasteiger partial charge >= 0.3 is 0 Å². The lowest BCUT2D eigenvalue weighted by Crippen LogP contribution is -2.36. The highest BCUT2D eigenvalue weighted by Gasteiger charge is 2.42. The second-order valence-electron chi connectivity index (χ2n) is 7.52. The molecule has 1 aliphatic carbocycles. The van der Waals surface area contributed by atoms with E-state index in [9.17, 15) is 4.79 Å². The van der Waals surface area contributed by atoms with E-state index >= 15 is 0 Å². The van der Waals surface area contributed by atoms with Crippen LogP contribution in [0.4, 0.5) is 11.4 Å². The van der Waals surface area contributed by atoms with Crippen molar-refractivity contribution in [2.75, 3.05) is 10.6 Å². The number of aryl methyl sites for hydroxylation is 1. The molecular weight excluding hydrogens is 300 g/mol. The zero-order valence-corrected chi connectivity index (χ0v) is 14.2. The topological polar surface area (TPSA) is 54.3 Å². The maximum Gasteiger partial charge on any atom is 0.145 e. The number of nitrogens with one attached hydrogen (secondary N) is 2. The Labute approximate surface area is 141 Å². The molecular formula is C20H22N2O2. The van der Waals surface area contributed by atoms with Gasteiger partial charge in [-0.1, -0.05) is 26.0 Å². The zero-order valence-electron chi connectivity index (χ0n) is 14.2. The Morgan fingerprint density at radius 2 is 2.04 bits per heavy atom.